The molecule has 0 aromatic carbocycles. The maximum Gasteiger partial charge on any atom is 0.204 e. The third-order valence-corrected chi connectivity index (χ3v) is 3.53. The molecule has 0 spiro atoms. The Morgan fingerprint density at radius 3 is 2.45 bits per heavy atom. The number of ether oxygens (including phenoxy) is 2. The second-order valence-corrected chi connectivity index (χ2v) is 5.05. The van der Waals surface area contributed by atoms with Gasteiger partial charge < -0.3 is 14.4 Å². The molecule has 1 aromatic rings. The number of hydrogen-bond acceptors (Lipinski definition) is 5. The van der Waals surface area contributed by atoms with Gasteiger partial charge in [-0.3, -0.25) is 4.68 Å². The fraction of sp³-hybridized carbons (Fsp3) is 0.857. The molecule has 1 aliphatic heterocycles. The highest BCUT2D eigenvalue weighted by atomic mass is 16.7. The van der Waals surface area contributed by atoms with E-state index in [4.69, 9.17) is 9.47 Å². The maximum absolute atomic E-state index is 5.53. The summed E-state index contributed by atoms with van der Waals surface area (Å²) < 4.78 is 12.9. The Hall–Kier alpha value is -0.980. The third kappa shape index (κ3) is 4.54. The van der Waals surface area contributed by atoms with Crippen LogP contribution in [-0.2, 0) is 16.0 Å². The first-order valence-corrected chi connectivity index (χ1v) is 7.69. The van der Waals surface area contributed by atoms with E-state index in [1.165, 1.54) is 32.4 Å². The Morgan fingerprint density at radius 2 is 1.80 bits per heavy atom. The van der Waals surface area contributed by atoms with E-state index in [0.717, 1.165) is 18.8 Å². The summed E-state index contributed by atoms with van der Waals surface area (Å²) in [6.07, 6.45) is 5.54. The van der Waals surface area contributed by atoms with Gasteiger partial charge in [0.2, 0.25) is 6.29 Å². The van der Waals surface area contributed by atoms with E-state index in [1.807, 2.05) is 24.7 Å². The average molecular weight is 282 g/mol. The molecule has 0 bridgehead atoms. The minimum absolute atomic E-state index is 0.395. The Balaban J connectivity index is 1.83. The Labute approximate surface area is 121 Å². The molecule has 6 nitrogen and oxygen atoms in total. The Bertz CT molecular complexity index is 371. The molecule has 0 amide bonds. The van der Waals surface area contributed by atoms with Gasteiger partial charge in [-0.2, -0.15) is 0 Å². The molecule has 1 saturated heterocycles. The van der Waals surface area contributed by atoms with Crippen LogP contribution in [0.4, 0.5) is 0 Å². The number of hydrogen-bond donors (Lipinski definition) is 0. The van der Waals surface area contributed by atoms with Crippen molar-refractivity contribution in [1.29, 1.82) is 0 Å². The van der Waals surface area contributed by atoms with Crippen molar-refractivity contribution in [1.82, 2.24) is 19.9 Å². The van der Waals surface area contributed by atoms with Crippen molar-refractivity contribution in [3.05, 3.63) is 11.9 Å². The Kier molecular flexibility index (Phi) is 6.42. The molecule has 0 unspecified atom stereocenters. The molecule has 20 heavy (non-hydrogen) atoms. The monoisotopic (exact) mass is 282 g/mol. The standard InChI is InChI=1S/C14H26N4O2/c1-3-19-14(20-4-2)13-12-18(16-15-13)11-10-17-8-6-5-7-9-17/h12,14H,3-11H2,1-2H3. The van der Waals surface area contributed by atoms with Crippen LogP contribution in [0.25, 0.3) is 0 Å². The molecule has 0 saturated carbocycles. The molecule has 1 aromatic heterocycles. The zero-order valence-corrected chi connectivity index (χ0v) is 12.6. The van der Waals surface area contributed by atoms with Crippen LogP contribution in [0.5, 0.6) is 0 Å². The lowest BCUT2D eigenvalue weighted by molar-refractivity contribution is -0.142. The molecule has 0 radical (unpaired) electrons. The molecule has 0 N–H and O–H groups in total. The minimum Gasteiger partial charge on any atom is -0.347 e. The van der Waals surface area contributed by atoms with Crippen LogP contribution in [-0.4, -0.2) is 52.7 Å². The van der Waals surface area contributed by atoms with Crippen LogP contribution < -0.4 is 0 Å². The van der Waals surface area contributed by atoms with E-state index >= 15 is 0 Å². The van der Waals surface area contributed by atoms with Gasteiger partial charge in [-0.25, -0.2) is 0 Å². The summed E-state index contributed by atoms with van der Waals surface area (Å²) in [5.41, 5.74) is 0.757. The zero-order chi connectivity index (χ0) is 14.2. The quantitative estimate of drug-likeness (QED) is 0.681. The first-order chi connectivity index (χ1) is 9.83. The van der Waals surface area contributed by atoms with Crippen LogP contribution in [0.3, 0.4) is 0 Å². The number of nitrogens with zero attached hydrogens (tertiary/aromatic N) is 4. The molecule has 1 fully saturated rings. The minimum atomic E-state index is -0.395. The Morgan fingerprint density at radius 1 is 1.10 bits per heavy atom. The van der Waals surface area contributed by atoms with Crippen molar-refractivity contribution in [2.45, 2.75) is 45.9 Å². The summed E-state index contributed by atoms with van der Waals surface area (Å²) in [7, 11) is 0. The molecule has 0 atom stereocenters. The maximum atomic E-state index is 5.53. The summed E-state index contributed by atoms with van der Waals surface area (Å²) in [5.74, 6) is 0. The van der Waals surface area contributed by atoms with E-state index in [9.17, 15) is 0 Å². The largest absolute Gasteiger partial charge is 0.347 e. The molecule has 114 valence electrons. The molecule has 2 heterocycles. The second kappa shape index (κ2) is 8.34. The number of piperidine rings is 1. The van der Waals surface area contributed by atoms with Crippen molar-refractivity contribution in [2.24, 2.45) is 0 Å². The van der Waals surface area contributed by atoms with E-state index in [0.29, 0.717) is 13.2 Å². The molecule has 1 aliphatic rings. The molecular formula is C14H26N4O2. The summed E-state index contributed by atoms with van der Waals surface area (Å²) in [6, 6.07) is 0. The first kappa shape index (κ1) is 15.4. The van der Waals surface area contributed by atoms with Crippen molar-refractivity contribution >= 4 is 0 Å². The van der Waals surface area contributed by atoms with Gasteiger partial charge in [0.05, 0.1) is 12.7 Å². The van der Waals surface area contributed by atoms with Gasteiger partial charge in [0.15, 0.2) is 0 Å². The van der Waals surface area contributed by atoms with Crippen LogP contribution >= 0.6 is 0 Å². The van der Waals surface area contributed by atoms with Crippen LogP contribution in [0.1, 0.15) is 45.1 Å². The van der Waals surface area contributed by atoms with Crippen molar-refractivity contribution in [3.63, 3.8) is 0 Å². The van der Waals surface area contributed by atoms with Crippen molar-refractivity contribution in [3.8, 4) is 0 Å². The third-order valence-electron chi connectivity index (χ3n) is 3.53. The molecular weight excluding hydrogens is 256 g/mol. The summed E-state index contributed by atoms with van der Waals surface area (Å²) >= 11 is 0. The highest BCUT2D eigenvalue weighted by Crippen LogP contribution is 2.16. The first-order valence-electron chi connectivity index (χ1n) is 7.69. The summed E-state index contributed by atoms with van der Waals surface area (Å²) in [6.45, 7) is 9.44. The van der Waals surface area contributed by atoms with Gasteiger partial charge in [-0.15, -0.1) is 5.10 Å². The molecule has 6 heteroatoms. The van der Waals surface area contributed by atoms with E-state index in [2.05, 4.69) is 15.2 Å². The number of likely N-dealkylation sites (tertiary alicyclic amines) is 1. The van der Waals surface area contributed by atoms with Gasteiger partial charge in [-0.05, 0) is 39.8 Å². The molecule has 0 aliphatic carbocycles. The topological polar surface area (TPSA) is 52.4 Å². The van der Waals surface area contributed by atoms with Crippen LogP contribution in [0.15, 0.2) is 6.20 Å². The second-order valence-electron chi connectivity index (χ2n) is 5.05. The summed E-state index contributed by atoms with van der Waals surface area (Å²) in [5, 5.41) is 8.33. The average Bonchev–Trinajstić information content (AvgIpc) is 2.95. The van der Waals surface area contributed by atoms with E-state index < -0.39 is 6.29 Å². The lowest BCUT2D eigenvalue weighted by atomic mass is 10.1. The smallest absolute Gasteiger partial charge is 0.204 e. The van der Waals surface area contributed by atoms with Crippen molar-refractivity contribution in [2.75, 3.05) is 32.8 Å². The van der Waals surface area contributed by atoms with E-state index in [1.54, 1.807) is 0 Å². The van der Waals surface area contributed by atoms with Crippen LogP contribution in [0.2, 0.25) is 0 Å². The number of rotatable bonds is 8. The van der Waals surface area contributed by atoms with Crippen molar-refractivity contribution < 1.29 is 9.47 Å². The van der Waals surface area contributed by atoms with Gasteiger partial charge in [0, 0.05) is 19.8 Å². The molecule has 2 rings (SSSR count). The normalized spacial score (nSPS) is 16.9. The van der Waals surface area contributed by atoms with Gasteiger partial charge in [0.25, 0.3) is 0 Å². The lowest BCUT2D eigenvalue weighted by Crippen LogP contribution is -2.32. The van der Waals surface area contributed by atoms with Crippen LogP contribution in [0, 0.1) is 0 Å². The van der Waals surface area contributed by atoms with E-state index in [-0.39, 0.29) is 0 Å². The fourth-order valence-electron chi connectivity index (χ4n) is 2.48. The van der Waals surface area contributed by atoms with Gasteiger partial charge in [0.1, 0.15) is 5.69 Å². The SMILES string of the molecule is CCOC(OCC)c1cn(CCN2CCCCC2)nn1. The fourth-order valence-corrected chi connectivity index (χ4v) is 2.48. The summed E-state index contributed by atoms with van der Waals surface area (Å²) in [4.78, 5) is 2.49. The highest BCUT2D eigenvalue weighted by molar-refractivity contribution is 4.94. The van der Waals surface area contributed by atoms with Gasteiger partial charge in [-0.1, -0.05) is 11.6 Å². The zero-order valence-electron chi connectivity index (χ0n) is 12.6. The predicted molar refractivity (Wildman–Crippen MR) is 76.3 cm³/mol. The number of aromatic nitrogens is 3. The highest BCUT2D eigenvalue weighted by Gasteiger charge is 2.16. The lowest BCUT2D eigenvalue weighted by Gasteiger charge is -2.25. The predicted octanol–water partition coefficient (Wildman–Crippen LogP) is 1.84. The van der Waals surface area contributed by atoms with Gasteiger partial charge >= 0.3 is 0 Å².